The van der Waals surface area contributed by atoms with Crippen LogP contribution in [0.5, 0.6) is 0 Å². The standard InChI is InChI=1S/C19H18ClN3O6S/c1-19(2)18(26)22-13-5-3-4-6-14(13)23(19)16(24)10-29-17(25)11-7-8-12(20)15(9-11)30(21,27)28/h3-9H,10H2,1-2H3,(H,22,26)(H2,21,27,28). The molecule has 3 rings (SSSR count). The average molecular weight is 452 g/mol. The van der Waals surface area contributed by atoms with E-state index < -0.39 is 44.8 Å². The Morgan fingerprint density at radius 2 is 1.87 bits per heavy atom. The molecule has 0 fully saturated rings. The Bertz CT molecular complexity index is 1160. The van der Waals surface area contributed by atoms with Crippen molar-refractivity contribution in [3.63, 3.8) is 0 Å². The van der Waals surface area contributed by atoms with Crippen molar-refractivity contribution in [1.82, 2.24) is 0 Å². The number of nitrogens with one attached hydrogen (secondary N) is 1. The largest absolute Gasteiger partial charge is 0.452 e. The molecule has 0 spiro atoms. The SMILES string of the molecule is CC1(C)C(=O)Nc2ccccc2N1C(=O)COC(=O)c1ccc(Cl)c(S(N)(=O)=O)c1. The van der Waals surface area contributed by atoms with Gasteiger partial charge in [0.15, 0.2) is 6.61 Å². The monoisotopic (exact) mass is 451 g/mol. The summed E-state index contributed by atoms with van der Waals surface area (Å²) in [5.41, 5.74) is -0.450. The quantitative estimate of drug-likeness (QED) is 0.681. The molecule has 0 saturated heterocycles. The minimum atomic E-state index is -4.15. The number of carbonyl (C=O) groups excluding carboxylic acids is 3. The van der Waals surface area contributed by atoms with Crippen LogP contribution in [0.1, 0.15) is 24.2 Å². The maximum Gasteiger partial charge on any atom is 0.338 e. The fraction of sp³-hybridized carbons (Fsp3) is 0.211. The predicted octanol–water partition coefficient (Wildman–Crippen LogP) is 1.91. The summed E-state index contributed by atoms with van der Waals surface area (Å²) in [5, 5.41) is 7.65. The molecule has 0 unspecified atom stereocenters. The lowest BCUT2D eigenvalue weighted by Gasteiger charge is -2.41. The number of nitrogens with zero attached hydrogens (tertiary/aromatic N) is 1. The van der Waals surface area contributed by atoms with E-state index in [2.05, 4.69) is 5.32 Å². The molecule has 2 aromatic rings. The summed E-state index contributed by atoms with van der Waals surface area (Å²) in [5.74, 6) is -1.97. The lowest BCUT2D eigenvalue weighted by Crippen LogP contribution is -2.59. The van der Waals surface area contributed by atoms with E-state index in [1.807, 2.05) is 0 Å². The number of hydrogen-bond acceptors (Lipinski definition) is 6. The summed E-state index contributed by atoms with van der Waals surface area (Å²) >= 11 is 5.80. The number of carbonyl (C=O) groups is 3. The second-order valence-electron chi connectivity index (χ2n) is 7.03. The second-order valence-corrected chi connectivity index (χ2v) is 8.96. The van der Waals surface area contributed by atoms with Gasteiger partial charge in [-0.3, -0.25) is 14.5 Å². The first-order valence-corrected chi connectivity index (χ1v) is 10.6. The number of benzene rings is 2. The van der Waals surface area contributed by atoms with Gasteiger partial charge in [-0.15, -0.1) is 0 Å². The fourth-order valence-electron chi connectivity index (χ4n) is 3.02. The van der Waals surface area contributed by atoms with Crippen LogP contribution in [0.2, 0.25) is 5.02 Å². The van der Waals surface area contributed by atoms with E-state index in [0.717, 1.165) is 6.07 Å². The first kappa shape index (κ1) is 21.8. The van der Waals surface area contributed by atoms with Crippen molar-refractivity contribution in [1.29, 1.82) is 0 Å². The molecule has 0 bridgehead atoms. The van der Waals surface area contributed by atoms with Crippen molar-refractivity contribution in [2.75, 3.05) is 16.8 Å². The summed E-state index contributed by atoms with van der Waals surface area (Å²) in [4.78, 5) is 38.5. The molecule has 2 amide bonds. The van der Waals surface area contributed by atoms with Gasteiger partial charge in [0, 0.05) is 0 Å². The Labute approximate surface area is 177 Å². The third-order valence-corrected chi connectivity index (χ3v) is 5.95. The van der Waals surface area contributed by atoms with Crippen LogP contribution in [0.25, 0.3) is 0 Å². The van der Waals surface area contributed by atoms with Crippen molar-refractivity contribution < 1.29 is 27.5 Å². The van der Waals surface area contributed by atoms with Gasteiger partial charge in [0.1, 0.15) is 10.4 Å². The molecule has 30 heavy (non-hydrogen) atoms. The summed E-state index contributed by atoms with van der Waals surface area (Å²) < 4.78 is 28.2. The van der Waals surface area contributed by atoms with Crippen molar-refractivity contribution >= 4 is 50.8 Å². The first-order chi connectivity index (χ1) is 13.9. The van der Waals surface area contributed by atoms with Crippen LogP contribution in [0.15, 0.2) is 47.4 Å². The Kier molecular flexibility index (Phi) is 5.59. The second kappa shape index (κ2) is 7.71. The van der Waals surface area contributed by atoms with Crippen molar-refractivity contribution in [2.24, 2.45) is 5.14 Å². The van der Waals surface area contributed by atoms with Crippen molar-refractivity contribution in [2.45, 2.75) is 24.3 Å². The normalized spacial score (nSPS) is 15.2. The number of amides is 2. The maximum atomic E-state index is 12.9. The van der Waals surface area contributed by atoms with Gasteiger partial charge < -0.3 is 10.1 Å². The molecule has 0 atom stereocenters. The van der Waals surface area contributed by atoms with Crippen LogP contribution < -0.4 is 15.4 Å². The topological polar surface area (TPSA) is 136 Å². The lowest BCUT2D eigenvalue weighted by atomic mass is 9.96. The molecule has 1 heterocycles. The van der Waals surface area contributed by atoms with Crippen molar-refractivity contribution in [3.05, 3.63) is 53.1 Å². The van der Waals surface area contributed by atoms with Crippen LogP contribution >= 0.6 is 11.6 Å². The number of anilines is 2. The van der Waals surface area contributed by atoms with E-state index in [1.54, 1.807) is 38.1 Å². The number of rotatable bonds is 4. The van der Waals surface area contributed by atoms with Gasteiger partial charge in [0.2, 0.25) is 15.9 Å². The van der Waals surface area contributed by atoms with Crippen LogP contribution in [-0.4, -0.2) is 38.3 Å². The molecule has 1 aliphatic heterocycles. The van der Waals surface area contributed by atoms with Crippen LogP contribution in [0, 0.1) is 0 Å². The molecule has 2 aromatic carbocycles. The number of primary sulfonamides is 1. The van der Waals surface area contributed by atoms with Crippen LogP contribution in [0.3, 0.4) is 0 Å². The molecular weight excluding hydrogens is 434 g/mol. The van der Waals surface area contributed by atoms with E-state index in [-0.39, 0.29) is 10.6 Å². The number of ether oxygens (including phenoxy) is 1. The maximum absolute atomic E-state index is 12.9. The smallest absolute Gasteiger partial charge is 0.338 e. The molecule has 11 heteroatoms. The number of fused-ring (bicyclic) bond motifs is 1. The van der Waals surface area contributed by atoms with E-state index >= 15 is 0 Å². The molecule has 0 aliphatic carbocycles. The van der Waals surface area contributed by atoms with E-state index in [9.17, 15) is 22.8 Å². The number of hydrogen-bond donors (Lipinski definition) is 2. The zero-order chi connectivity index (χ0) is 22.3. The lowest BCUT2D eigenvalue weighted by molar-refractivity contribution is -0.128. The molecule has 0 saturated carbocycles. The summed E-state index contributed by atoms with van der Waals surface area (Å²) in [6, 6.07) is 10.1. The highest BCUT2D eigenvalue weighted by Crippen LogP contribution is 2.36. The predicted molar refractivity (Wildman–Crippen MR) is 110 cm³/mol. The minimum absolute atomic E-state index is 0.146. The first-order valence-electron chi connectivity index (χ1n) is 8.66. The van der Waals surface area contributed by atoms with Gasteiger partial charge in [-0.05, 0) is 44.2 Å². The number of para-hydroxylation sites is 2. The fourth-order valence-corrected chi connectivity index (χ4v) is 4.09. The highest BCUT2D eigenvalue weighted by Gasteiger charge is 2.43. The number of nitrogens with two attached hydrogens (primary N) is 1. The number of sulfonamides is 1. The number of halogens is 1. The van der Waals surface area contributed by atoms with Gasteiger partial charge in [0.05, 0.1) is 22.0 Å². The van der Waals surface area contributed by atoms with Gasteiger partial charge in [-0.25, -0.2) is 18.4 Å². The zero-order valence-corrected chi connectivity index (χ0v) is 17.6. The van der Waals surface area contributed by atoms with E-state index in [0.29, 0.717) is 11.4 Å². The molecule has 0 radical (unpaired) electrons. The Morgan fingerprint density at radius 1 is 1.20 bits per heavy atom. The highest BCUT2D eigenvalue weighted by molar-refractivity contribution is 7.89. The van der Waals surface area contributed by atoms with Gasteiger partial charge >= 0.3 is 5.97 Å². The number of esters is 1. The third-order valence-electron chi connectivity index (χ3n) is 4.56. The van der Waals surface area contributed by atoms with Gasteiger partial charge in [-0.1, -0.05) is 23.7 Å². The minimum Gasteiger partial charge on any atom is -0.452 e. The third kappa shape index (κ3) is 4.02. The van der Waals surface area contributed by atoms with Crippen LogP contribution in [-0.2, 0) is 24.3 Å². The van der Waals surface area contributed by atoms with Crippen LogP contribution in [0.4, 0.5) is 11.4 Å². The Morgan fingerprint density at radius 3 is 2.53 bits per heavy atom. The van der Waals surface area contributed by atoms with Gasteiger partial charge in [-0.2, -0.15) is 0 Å². The summed E-state index contributed by atoms with van der Waals surface area (Å²) in [7, 11) is -4.15. The molecule has 9 nitrogen and oxygen atoms in total. The zero-order valence-electron chi connectivity index (χ0n) is 16.0. The Hall–Kier alpha value is -2.95. The van der Waals surface area contributed by atoms with E-state index in [4.69, 9.17) is 21.5 Å². The average Bonchev–Trinajstić information content (AvgIpc) is 2.66. The highest BCUT2D eigenvalue weighted by atomic mass is 35.5. The molecule has 0 aromatic heterocycles. The molecule has 158 valence electrons. The molecular formula is C19H18ClN3O6S. The van der Waals surface area contributed by atoms with E-state index in [1.165, 1.54) is 17.0 Å². The van der Waals surface area contributed by atoms with Crippen molar-refractivity contribution in [3.8, 4) is 0 Å². The molecule has 1 aliphatic rings. The summed E-state index contributed by atoms with van der Waals surface area (Å²) in [6.45, 7) is 2.46. The van der Waals surface area contributed by atoms with Gasteiger partial charge in [0.25, 0.3) is 5.91 Å². The summed E-state index contributed by atoms with van der Waals surface area (Å²) in [6.07, 6.45) is 0. The molecule has 3 N–H and O–H groups in total. The Balaban J connectivity index is 1.82.